The summed E-state index contributed by atoms with van der Waals surface area (Å²) < 4.78 is 0. The van der Waals surface area contributed by atoms with Crippen LogP contribution in [0.1, 0.15) is 35.3 Å². The standard InChI is InChI=1S/C13H15NO2S/c15-13(16)11-7-17-12(14-11)10-3-1-2-9(6-10)8-4-5-8/h1-3,6,8,11-12,14H,4-5,7H2,(H,15,16). The minimum Gasteiger partial charge on any atom is -0.480 e. The topological polar surface area (TPSA) is 49.3 Å². The van der Waals surface area contributed by atoms with Crippen LogP contribution in [0.25, 0.3) is 0 Å². The number of carboxylic acids is 1. The Labute approximate surface area is 105 Å². The fourth-order valence-corrected chi connectivity index (χ4v) is 3.42. The summed E-state index contributed by atoms with van der Waals surface area (Å²) in [6, 6.07) is 8.16. The van der Waals surface area contributed by atoms with Gasteiger partial charge in [0, 0.05) is 5.75 Å². The molecule has 2 atom stereocenters. The van der Waals surface area contributed by atoms with Gasteiger partial charge in [-0.2, -0.15) is 0 Å². The van der Waals surface area contributed by atoms with Gasteiger partial charge in [-0.25, -0.2) is 0 Å². The Hall–Kier alpha value is -1.00. The molecule has 2 aliphatic rings. The number of carboxylic acid groups (broad SMARTS) is 1. The SMILES string of the molecule is O=C(O)C1CSC(c2cccc(C3CC3)c2)N1. The van der Waals surface area contributed by atoms with Crippen LogP contribution < -0.4 is 5.32 Å². The van der Waals surface area contributed by atoms with Gasteiger partial charge >= 0.3 is 5.97 Å². The second-order valence-electron chi connectivity index (χ2n) is 4.72. The van der Waals surface area contributed by atoms with E-state index in [1.165, 1.54) is 24.0 Å². The third-order valence-corrected chi connectivity index (χ3v) is 4.61. The quantitative estimate of drug-likeness (QED) is 0.863. The first-order chi connectivity index (χ1) is 8.24. The van der Waals surface area contributed by atoms with Crippen molar-refractivity contribution in [3.8, 4) is 0 Å². The molecule has 1 heterocycles. The third kappa shape index (κ3) is 2.33. The Balaban J connectivity index is 1.76. The summed E-state index contributed by atoms with van der Waals surface area (Å²) in [5, 5.41) is 12.2. The molecule has 2 N–H and O–H groups in total. The van der Waals surface area contributed by atoms with Crippen LogP contribution in [0.15, 0.2) is 24.3 Å². The molecular formula is C13H15NO2S. The lowest BCUT2D eigenvalue weighted by Crippen LogP contribution is -2.33. The van der Waals surface area contributed by atoms with Crippen LogP contribution in [-0.4, -0.2) is 22.9 Å². The lowest BCUT2D eigenvalue weighted by Gasteiger charge is -2.12. The molecule has 1 aromatic carbocycles. The van der Waals surface area contributed by atoms with E-state index in [9.17, 15) is 4.79 Å². The molecule has 90 valence electrons. The molecular weight excluding hydrogens is 234 g/mol. The lowest BCUT2D eigenvalue weighted by molar-refractivity contribution is -0.138. The Kier molecular flexibility index (Phi) is 2.84. The third-order valence-electron chi connectivity index (χ3n) is 3.34. The molecule has 3 nitrogen and oxygen atoms in total. The van der Waals surface area contributed by atoms with Crippen molar-refractivity contribution in [3.63, 3.8) is 0 Å². The van der Waals surface area contributed by atoms with E-state index in [4.69, 9.17) is 5.11 Å². The van der Waals surface area contributed by atoms with Crippen LogP contribution in [0.5, 0.6) is 0 Å². The van der Waals surface area contributed by atoms with E-state index in [-0.39, 0.29) is 5.37 Å². The van der Waals surface area contributed by atoms with Crippen molar-refractivity contribution in [2.75, 3.05) is 5.75 Å². The molecule has 1 aromatic rings. The maximum absolute atomic E-state index is 10.9. The summed E-state index contributed by atoms with van der Waals surface area (Å²) in [6.07, 6.45) is 2.60. The van der Waals surface area contributed by atoms with Gasteiger partial charge in [0.05, 0.1) is 5.37 Å². The number of aliphatic carboxylic acids is 1. The predicted molar refractivity (Wildman–Crippen MR) is 68.2 cm³/mol. The van der Waals surface area contributed by atoms with Gasteiger partial charge in [-0.3, -0.25) is 10.1 Å². The number of rotatable bonds is 3. The highest BCUT2D eigenvalue weighted by Crippen LogP contribution is 2.42. The molecule has 3 rings (SSSR count). The average Bonchev–Trinajstić information content (AvgIpc) is 3.06. The van der Waals surface area contributed by atoms with Gasteiger partial charge in [0.25, 0.3) is 0 Å². The molecule has 2 unspecified atom stereocenters. The minimum atomic E-state index is -0.752. The summed E-state index contributed by atoms with van der Waals surface area (Å²) in [7, 11) is 0. The van der Waals surface area contributed by atoms with E-state index in [1.807, 2.05) is 0 Å². The Bertz CT molecular complexity index is 445. The van der Waals surface area contributed by atoms with Crippen molar-refractivity contribution in [1.29, 1.82) is 0 Å². The number of hydrogen-bond donors (Lipinski definition) is 2. The highest BCUT2D eigenvalue weighted by atomic mass is 32.2. The molecule has 17 heavy (non-hydrogen) atoms. The van der Waals surface area contributed by atoms with Crippen molar-refractivity contribution < 1.29 is 9.90 Å². The first-order valence-electron chi connectivity index (χ1n) is 5.94. The first kappa shape index (κ1) is 11.1. The zero-order valence-electron chi connectivity index (χ0n) is 9.43. The van der Waals surface area contributed by atoms with Crippen molar-refractivity contribution >= 4 is 17.7 Å². The molecule has 1 aliphatic carbocycles. The molecule has 1 saturated carbocycles. The van der Waals surface area contributed by atoms with E-state index < -0.39 is 12.0 Å². The molecule has 0 radical (unpaired) electrons. The van der Waals surface area contributed by atoms with Crippen LogP contribution in [0.2, 0.25) is 0 Å². The maximum atomic E-state index is 10.9. The molecule has 2 fully saturated rings. The molecule has 0 amide bonds. The molecule has 4 heteroatoms. The average molecular weight is 249 g/mol. The fraction of sp³-hybridized carbons (Fsp3) is 0.462. The van der Waals surface area contributed by atoms with Crippen molar-refractivity contribution in [3.05, 3.63) is 35.4 Å². The molecule has 0 aromatic heterocycles. The lowest BCUT2D eigenvalue weighted by atomic mass is 10.1. The Morgan fingerprint density at radius 2 is 2.12 bits per heavy atom. The van der Waals surface area contributed by atoms with Crippen LogP contribution in [-0.2, 0) is 4.79 Å². The largest absolute Gasteiger partial charge is 0.480 e. The number of thioether (sulfide) groups is 1. The van der Waals surface area contributed by atoms with Crippen LogP contribution >= 0.6 is 11.8 Å². The minimum absolute atomic E-state index is 0.134. The number of nitrogens with one attached hydrogen (secondary N) is 1. The van der Waals surface area contributed by atoms with E-state index >= 15 is 0 Å². The summed E-state index contributed by atoms with van der Waals surface area (Å²) in [6.45, 7) is 0. The van der Waals surface area contributed by atoms with Gasteiger partial charge in [-0.05, 0) is 29.9 Å². The van der Waals surface area contributed by atoms with E-state index in [0.717, 1.165) is 5.92 Å². The van der Waals surface area contributed by atoms with Crippen LogP contribution in [0, 0.1) is 0 Å². The van der Waals surface area contributed by atoms with Crippen LogP contribution in [0.4, 0.5) is 0 Å². The summed E-state index contributed by atoms with van der Waals surface area (Å²) in [5.74, 6) is 0.642. The van der Waals surface area contributed by atoms with Gasteiger partial charge in [0.1, 0.15) is 6.04 Å². The summed E-state index contributed by atoms with van der Waals surface area (Å²) in [4.78, 5) is 10.9. The van der Waals surface area contributed by atoms with Crippen molar-refractivity contribution in [2.24, 2.45) is 0 Å². The normalized spacial score (nSPS) is 28.2. The van der Waals surface area contributed by atoms with Gasteiger partial charge in [0.15, 0.2) is 0 Å². The smallest absolute Gasteiger partial charge is 0.321 e. The molecule has 1 saturated heterocycles. The Morgan fingerprint density at radius 1 is 1.35 bits per heavy atom. The highest BCUT2D eigenvalue weighted by Gasteiger charge is 2.31. The zero-order valence-corrected chi connectivity index (χ0v) is 10.2. The van der Waals surface area contributed by atoms with Gasteiger partial charge < -0.3 is 5.11 Å². The number of benzene rings is 1. The molecule has 1 aliphatic heterocycles. The van der Waals surface area contributed by atoms with Crippen molar-refractivity contribution in [2.45, 2.75) is 30.2 Å². The summed E-state index contributed by atoms with van der Waals surface area (Å²) in [5.41, 5.74) is 2.62. The second-order valence-corrected chi connectivity index (χ2v) is 5.85. The second kappa shape index (κ2) is 4.35. The Morgan fingerprint density at radius 3 is 2.76 bits per heavy atom. The molecule has 0 spiro atoms. The number of hydrogen-bond acceptors (Lipinski definition) is 3. The van der Waals surface area contributed by atoms with E-state index in [2.05, 4.69) is 29.6 Å². The van der Waals surface area contributed by atoms with Crippen molar-refractivity contribution in [1.82, 2.24) is 5.32 Å². The molecule has 0 bridgehead atoms. The highest BCUT2D eigenvalue weighted by molar-refractivity contribution is 7.99. The van der Waals surface area contributed by atoms with E-state index in [0.29, 0.717) is 5.75 Å². The van der Waals surface area contributed by atoms with Gasteiger partial charge in [-0.1, -0.05) is 24.3 Å². The monoisotopic (exact) mass is 249 g/mol. The van der Waals surface area contributed by atoms with Gasteiger partial charge in [0.2, 0.25) is 0 Å². The number of carbonyl (C=O) groups is 1. The zero-order chi connectivity index (χ0) is 11.8. The maximum Gasteiger partial charge on any atom is 0.321 e. The van der Waals surface area contributed by atoms with Gasteiger partial charge in [-0.15, -0.1) is 11.8 Å². The first-order valence-corrected chi connectivity index (χ1v) is 6.99. The predicted octanol–water partition coefficient (Wildman–Crippen LogP) is 2.35. The summed E-state index contributed by atoms with van der Waals surface area (Å²) >= 11 is 1.68. The van der Waals surface area contributed by atoms with E-state index in [1.54, 1.807) is 11.8 Å². The van der Waals surface area contributed by atoms with Crippen LogP contribution in [0.3, 0.4) is 0 Å². The fourth-order valence-electron chi connectivity index (χ4n) is 2.20.